The standard InChI is InChI=1S/C20H20N2O2S/c1-14-7-2-3-9-16(14)19(23)22(13-15-8-6-12-24-15)20-21-17-10-4-5-11-18(17)25-20/h2-5,7,9-11,15H,6,8,12-13H2,1H3. The molecule has 1 aliphatic rings. The molecule has 1 aromatic heterocycles. The van der Waals surface area contributed by atoms with Crippen molar-refractivity contribution < 1.29 is 9.53 Å². The Morgan fingerprint density at radius 2 is 2.04 bits per heavy atom. The molecule has 2 aromatic carbocycles. The zero-order valence-corrected chi connectivity index (χ0v) is 15.0. The van der Waals surface area contributed by atoms with Crippen molar-refractivity contribution in [3.63, 3.8) is 0 Å². The van der Waals surface area contributed by atoms with Gasteiger partial charge in [0.1, 0.15) is 0 Å². The highest BCUT2D eigenvalue weighted by Crippen LogP contribution is 2.31. The third-order valence-electron chi connectivity index (χ3n) is 4.54. The van der Waals surface area contributed by atoms with Gasteiger partial charge in [-0.15, -0.1) is 0 Å². The number of anilines is 1. The van der Waals surface area contributed by atoms with E-state index in [-0.39, 0.29) is 12.0 Å². The summed E-state index contributed by atoms with van der Waals surface area (Å²) < 4.78 is 6.87. The van der Waals surface area contributed by atoms with E-state index in [1.165, 1.54) is 0 Å². The van der Waals surface area contributed by atoms with Crippen LogP contribution in [0.3, 0.4) is 0 Å². The largest absolute Gasteiger partial charge is 0.376 e. The first-order valence-electron chi connectivity index (χ1n) is 8.57. The highest BCUT2D eigenvalue weighted by Gasteiger charge is 2.27. The average molecular weight is 352 g/mol. The number of hydrogen-bond donors (Lipinski definition) is 0. The van der Waals surface area contributed by atoms with E-state index in [2.05, 4.69) is 0 Å². The molecule has 2 heterocycles. The first-order chi connectivity index (χ1) is 12.2. The summed E-state index contributed by atoms with van der Waals surface area (Å²) in [6.45, 7) is 3.29. The van der Waals surface area contributed by atoms with E-state index < -0.39 is 0 Å². The van der Waals surface area contributed by atoms with Gasteiger partial charge in [0.2, 0.25) is 0 Å². The van der Waals surface area contributed by atoms with Crippen molar-refractivity contribution in [1.82, 2.24) is 4.98 Å². The van der Waals surface area contributed by atoms with E-state index in [1.807, 2.05) is 55.5 Å². The molecule has 128 valence electrons. The predicted octanol–water partition coefficient (Wildman–Crippen LogP) is 4.43. The van der Waals surface area contributed by atoms with Crippen LogP contribution in [0.25, 0.3) is 10.2 Å². The first-order valence-corrected chi connectivity index (χ1v) is 9.39. The zero-order chi connectivity index (χ0) is 17.2. The minimum atomic E-state index is -0.00680. The van der Waals surface area contributed by atoms with Crippen molar-refractivity contribution in [1.29, 1.82) is 0 Å². The molecular formula is C20H20N2O2S. The number of hydrogen-bond acceptors (Lipinski definition) is 4. The Bertz CT molecular complexity index is 866. The molecule has 0 spiro atoms. The van der Waals surface area contributed by atoms with E-state index >= 15 is 0 Å². The number of fused-ring (bicyclic) bond motifs is 1. The van der Waals surface area contributed by atoms with Gasteiger partial charge in [0.05, 0.1) is 22.9 Å². The van der Waals surface area contributed by atoms with Crippen molar-refractivity contribution in [2.75, 3.05) is 18.1 Å². The number of rotatable bonds is 4. The lowest BCUT2D eigenvalue weighted by atomic mass is 10.1. The summed E-state index contributed by atoms with van der Waals surface area (Å²) in [6.07, 6.45) is 2.12. The molecule has 1 fully saturated rings. The Morgan fingerprint density at radius 1 is 1.24 bits per heavy atom. The van der Waals surface area contributed by atoms with Crippen LogP contribution in [0, 0.1) is 6.92 Å². The summed E-state index contributed by atoms with van der Waals surface area (Å²) >= 11 is 1.56. The maximum Gasteiger partial charge on any atom is 0.260 e. The minimum absolute atomic E-state index is 0.00680. The maximum absolute atomic E-state index is 13.3. The molecule has 1 aliphatic heterocycles. The number of nitrogens with zero attached hydrogens (tertiary/aromatic N) is 2. The number of thiazole rings is 1. The number of benzene rings is 2. The fourth-order valence-electron chi connectivity index (χ4n) is 3.17. The number of amides is 1. The topological polar surface area (TPSA) is 42.4 Å². The van der Waals surface area contributed by atoms with Gasteiger partial charge in [-0.25, -0.2) is 4.98 Å². The van der Waals surface area contributed by atoms with Gasteiger partial charge in [0.25, 0.3) is 5.91 Å². The predicted molar refractivity (Wildman–Crippen MR) is 101 cm³/mol. The van der Waals surface area contributed by atoms with Crippen LogP contribution in [-0.2, 0) is 4.74 Å². The van der Waals surface area contributed by atoms with Crippen molar-refractivity contribution in [2.24, 2.45) is 0 Å². The van der Waals surface area contributed by atoms with Gasteiger partial charge in [-0.1, -0.05) is 41.7 Å². The Balaban J connectivity index is 1.72. The molecule has 0 radical (unpaired) electrons. The molecule has 5 heteroatoms. The van der Waals surface area contributed by atoms with Crippen molar-refractivity contribution in [3.8, 4) is 0 Å². The maximum atomic E-state index is 13.3. The lowest BCUT2D eigenvalue weighted by Crippen LogP contribution is -2.37. The Labute approximate surface area is 151 Å². The number of aromatic nitrogens is 1. The van der Waals surface area contributed by atoms with E-state index in [1.54, 1.807) is 16.2 Å². The quantitative estimate of drug-likeness (QED) is 0.697. The normalized spacial score (nSPS) is 17.1. The molecule has 0 bridgehead atoms. The summed E-state index contributed by atoms with van der Waals surface area (Å²) in [4.78, 5) is 19.8. The molecule has 4 rings (SSSR count). The third-order valence-corrected chi connectivity index (χ3v) is 5.60. The van der Waals surface area contributed by atoms with Crippen LogP contribution < -0.4 is 4.90 Å². The molecule has 25 heavy (non-hydrogen) atoms. The van der Waals surface area contributed by atoms with E-state index in [4.69, 9.17) is 9.72 Å². The first kappa shape index (κ1) is 16.2. The number of carbonyl (C=O) groups is 1. The smallest absolute Gasteiger partial charge is 0.260 e. The second-order valence-corrected chi connectivity index (χ2v) is 7.34. The molecule has 4 nitrogen and oxygen atoms in total. The molecule has 3 aromatic rings. The average Bonchev–Trinajstić information content (AvgIpc) is 3.28. The van der Waals surface area contributed by atoms with Gasteiger partial charge >= 0.3 is 0 Å². The van der Waals surface area contributed by atoms with Gasteiger partial charge in [-0.3, -0.25) is 9.69 Å². The number of ether oxygens (including phenoxy) is 1. The van der Waals surface area contributed by atoms with Crippen LogP contribution in [0.5, 0.6) is 0 Å². The van der Waals surface area contributed by atoms with Crippen LogP contribution in [0.1, 0.15) is 28.8 Å². The van der Waals surface area contributed by atoms with Gasteiger partial charge in [-0.05, 0) is 43.5 Å². The van der Waals surface area contributed by atoms with Gasteiger partial charge < -0.3 is 4.74 Å². The summed E-state index contributed by atoms with van der Waals surface area (Å²) in [6, 6.07) is 15.7. The van der Waals surface area contributed by atoms with Crippen LogP contribution >= 0.6 is 11.3 Å². The second kappa shape index (κ2) is 6.94. The van der Waals surface area contributed by atoms with Gasteiger partial charge in [-0.2, -0.15) is 0 Å². The van der Waals surface area contributed by atoms with Crippen LogP contribution in [0.4, 0.5) is 5.13 Å². The molecule has 1 atom stereocenters. The van der Waals surface area contributed by atoms with E-state index in [0.717, 1.165) is 45.9 Å². The summed E-state index contributed by atoms with van der Waals surface area (Å²) in [5.74, 6) is -0.00680. The summed E-state index contributed by atoms with van der Waals surface area (Å²) in [7, 11) is 0. The monoisotopic (exact) mass is 352 g/mol. The van der Waals surface area contributed by atoms with Crippen LogP contribution in [0.2, 0.25) is 0 Å². The Morgan fingerprint density at radius 3 is 2.80 bits per heavy atom. The Kier molecular flexibility index (Phi) is 4.51. The molecule has 0 saturated carbocycles. The Hall–Kier alpha value is -2.24. The molecule has 1 unspecified atom stereocenters. The fraction of sp³-hybridized carbons (Fsp3) is 0.300. The van der Waals surface area contributed by atoms with Crippen molar-refractivity contribution in [3.05, 3.63) is 59.7 Å². The van der Waals surface area contributed by atoms with Crippen molar-refractivity contribution >= 4 is 32.6 Å². The molecular weight excluding hydrogens is 332 g/mol. The molecule has 0 aliphatic carbocycles. The molecule has 1 saturated heterocycles. The SMILES string of the molecule is Cc1ccccc1C(=O)N(CC1CCCO1)c1nc2ccccc2s1. The van der Waals surface area contributed by atoms with Gasteiger partial charge in [0.15, 0.2) is 5.13 Å². The van der Waals surface area contributed by atoms with E-state index in [0.29, 0.717) is 6.54 Å². The van der Waals surface area contributed by atoms with Crippen molar-refractivity contribution in [2.45, 2.75) is 25.9 Å². The number of aryl methyl sites for hydroxylation is 1. The van der Waals surface area contributed by atoms with Crippen LogP contribution in [-0.4, -0.2) is 30.1 Å². The zero-order valence-electron chi connectivity index (χ0n) is 14.1. The number of carbonyl (C=O) groups excluding carboxylic acids is 1. The highest BCUT2D eigenvalue weighted by atomic mass is 32.1. The number of para-hydroxylation sites is 1. The third kappa shape index (κ3) is 3.30. The van der Waals surface area contributed by atoms with Crippen LogP contribution in [0.15, 0.2) is 48.5 Å². The minimum Gasteiger partial charge on any atom is -0.376 e. The summed E-state index contributed by atoms with van der Waals surface area (Å²) in [5, 5.41) is 0.741. The molecule has 1 amide bonds. The highest BCUT2D eigenvalue weighted by molar-refractivity contribution is 7.22. The second-order valence-electron chi connectivity index (χ2n) is 6.33. The lowest BCUT2D eigenvalue weighted by molar-refractivity contribution is 0.0917. The molecule has 0 N–H and O–H groups in total. The lowest BCUT2D eigenvalue weighted by Gasteiger charge is -2.23. The summed E-state index contributed by atoms with van der Waals surface area (Å²) in [5.41, 5.74) is 2.63. The fourth-order valence-corrected chi connectivity index (χ4v) is 4.15. The van der Waals surface area contributed by atoms with E-state index in [9.17, 15) is 4.79 Å². The van der Waals surface area contributed by atoms with Gasteiger partial charge in [0, 0.05) is 12.2 Å².